The predicted octanol–water partition coefficient (Wildman–Crippen LogP) is 2.52. The van der Waals surface area contributed by atoms with Gasteiger partial charge in [0, 0.05) is 5.69 Å². The van der Waals surface area contributed by atoms with Crippen LogP contribution in [0.3, 0.4) is 0 Å². The van der Waals surface area contributed by atoms with Crippen molar-refractivity contribution in [3.63, 3.8) is 0 Å². The van der Waals surface area contributed by atoms with Crippen molar-refractivity contribution in [2.45, 2.75) is 0 Å². The second-order valence-corrected chi connectivity index (χ2v) is 5.15. The van der Waals surface area contributed by atoms with Crippen LogP contribution < -0.4 is 10.6 Å². The van der Waals surface area contributed by atoms with Crippen molar-refractivity contribution in [1.82, 2.24) is 15.3 Å². The molecule has 0 saturated heterocycles. The molecule has 0 aliphatic carbocycles. The summed E-state index contributed by atoms with van der Waals surface area (Å²) in [6.45, 7) is 0. The van der Waals surface area contributed by atoms with Gasteiger partial charge in [0.1, 0.15) is 17.3 Å². The minimum atomic E-state index is -0.409. The first kappa shape index (κ1) is 13.0. The lowest BCUT2D eigenvalue weighted by Crippen LogP contribution is -2.19. The molecule has 0 unspecified atom stereocenters. The Morgan fingerprint density at radius 3 is 2.70 bits per heavy atom. The second-order valence-electron chi connectivity index (χ2n) is 4.00. The van der Waals surface area contributed by atoms with Crippen molar-refractivity contribution < 1.29 is 9.59 Å². The smallest absolute Gasteiger partial charge is 0.259 e. The summed E-state index contributed by atoms with van der Waals surface area (Å²) in [5.41, 5.74) is 1.31. The summed E-state index contributed by atoms with van der Waals surface area (Å²) in [6.07, 6.45) is 1.32. The monoisotopic (exact) mass is 352 g/mol. The maximum absolute atomic E-state index is 11.6. The summed E-state index contributed by atoms with van der Waals surface area (Å²) < 4.78 is 0.516. The third-order valence-electron chi connectivity index (χ3n) is 2.75. The maximum Gasteiger partial charge on any atom is 0.259 e. The first-order chi connectivity index (χ1) is 9.56. The van der Waals surface area contributed by atoms with Gasteiger partial charge in [-0.15, -0.1) is 0 Å². The molecule has 6 nitrogen and oxygen atoms in total. The van der Waals surface area contributed by atoms with Gasteiger partial charge in [-0.3, -0.25) is 14.9 Å². The third-order valence-corrected chi connectivity index (χ3v) is 4.01. The number of amides is 2. The van der Waals surface area contributed by atoms with Gasteiger partial charge < -0.3 is 5.32 Å². The first-order valence-electron chi connectivity index (χ1n) is 5.49. The quantitative estimate of drug-likeness (QED) is 0.640. The number of rotatable bonds is 2. The summed E-state index contributed by atoms with van der Waals surface area (Å²) in [5, 5.41) is 5.51. The highest BCUT2D eigenvalue weighted by molar-refractivity contribution is 9.10. The van der Waals surface area contributed by atoms with E-state index in [1.165, 1.54) is 6.33 Å². The van der Waals surface area contributed by atoms with Crippen LogP contribution >= 0.6 is 27.5 Å². The van der Waals surface area contributed by atoms with E-state index in [0.29, 0.717) is 27.1 Å². The Labute approximate surface area is 126 Å². The van der Waals surface area contributed by atoms with Gasteiger partial charge in [0.05, 0.1) is 15.6 Å². The number of carbonyl (C=O) groups excluding carboxylic acids is 2. The molecule has 0 fully saturated rings. The Hall–Kier alpha value is -1.99. The number of hydrogen-bond donors (Lipinski definition) is 2. The normalized spacial score (nSPS) is 13.1. The standard InChI is InChI=1S/C12H6BrClN4O2/c13-8-9(14)15-4-16-10(8)17-5-1-2-6-7(3-5)12(20)18-11(6)19/h1-4H,(H,15,16,17)(H,18,19,20). The second kappa shape index (κ2) is 4.84. The van der Waals surface area contributed by atoms with Gasteiger partial charge in [0.25, 0.3) is 11.8 Å². The molecular weight excluding hydrogens is 348 g/mol. The number of halogens is 2. The van der Waals surface area contributed by atoms with E-state index in [0.717, 1.165) is 0 Å². The van der Waals surface area contributed by atoms with Gasteiger partial charge in [-0.2, -0.15) is 0 Å². The molecule has 2 heterocycles. The Balaban J connectivity index is 1.97. The van der Waals surface area contributed by atoms with Crippen LogP contribution in [0.25, 0.3) is 0 Å². The highest BCUT2D eigenvalue weighted by Crippen LogP contribution is 2.29. The Morgan fingerprint density at radius 1 is 1.15 bits per heavy atom. The largest absolute Gasteiger partial charge is 0.339 e. The van der Waals surface area contributed by atoms with Gasteiger partial charge in [-0.1, -0.05) is 11.6 Å². The summed E-state index contributed by atoms with van der Waals surface area (Å²) >= 11 is 9.14. The van der Waals surface area contributed by atoms with Crippen LogP contribution in [0.4, 0.5) is 11.5 Å². The van der Waals surface area contributed by atoms with Crippen molar-refractivity contribution in [3.05, 3.63) is 45.3 Å². The zero-order valence-corrected chi connectivity index (χ0v) is 12.1. The molecule has 0 spiro atoms. The number of anilines is 2. The van der Waals surface area contributed by atoms with Gasteiger partial charge in [-0.25, -0.2) is 9.97 Å². The third kappa shape index (κ3) is 2.14. The fourth-order valence-electron chi connectivity index (χ4n) is 1.82. The first-order valence-corrected chi connectivity index (χ1v) is 6.66. The molecule has 1 aromatic carbocycles. The molecule has 1 aliphatic rings. The number of benzene rings is 1. The molecule has 0 saturated carbocycles. The lowest BCUT2D eigenvalue weighted by atomic mass is 10.1. The predicted molar refractivity (Wildman–Crippen MR) is 76.3 cm³/mol. The van der Waals surface area contributed by atoms with Gasteiger partial charge >= 0.3 is 0 Å². The van der Waals surface area contributed by atoms with Gasteiger partial charge in [-0.05, 0) is 34.1 Å². The number of hydrogen-bond acceptors (Lipinski definition) is 5. The van der Waals surface area contributed by atoms with Crippen molar-refractivity contribution in [2.24, 2.45) is 0 Å². The van der Waals surface area contributed by atoms with Crippen molar-refractivity contribution >= 4 is 50.9 Å². The van der Waals surface area contributed by atoms with Crippen LogP contribution in [0.2, 0.25) is 5.15 Å². The molecule has 1 aromatic heterocycles. The molecule has 1 aliphatic heterocycles. The number of imide groups is 1. The Bertz CT molecular complexity index is 750. The minimum absolute atomic E-state index is 0.275. The van der Waals surface area contributed by atoms with Crippen LogP contribution in [0, 0.1) is 0 Å². The van der Waals surface area contributed by atoms with E-state index in [9.17, 15) is 9.59 Å². The molecule has 2 aromatic rings. The lowest BCUT2D eigenvalue weighted by Gasteiger charge is -2.08. The fraction of sp³-hybridized carbons (Fsp3) is 0. The lowest BCUT2D eigenvalue weighted by molar-refractivity contribution is 0.0879. The molecule has 100 valence electrons. The van der Waals surface area contributed by atoms with Crippen LogP contribution in [0.5, 0.6) is 0 Å². The maximum atomic E-state index is 11.6. The summed E-state index contributed by atoms with van der Waals surface area (Å²) in [6, 6.07) is 4.84. The number of carbonyl (C=O) groups is 2. The van der Waals surface area contributed by atoms with E-state index in [-0.39, 0.29) is 11.1 Å². The molecule has 0 radical (unpaired) electrons. The van der Waals surface area contributed by atoms with Crippen LogP contribution in [0.1, 0.15) is 20.7 Å². The minimum Gasteiger partial charge on any atom is -0.339 e. The van der Waals surface area contributed by atoms with Gasteiger partial charge in [0.2, 0.25) is 0 Å². The average molecular weight is 354 g/mol. The molecule has 3 rings (SSSR count). The van der Waals surface area contributed by atoms with Gasteiger partial charge in [0.15, 0.2) is 0 Å². The number of fused-ring (bicyclic) bond motifs is 1. The zero-order chi connectivity index (χ0) is 14.3. The van der Waals surface area contributed by atoms with E-state index in [1.807, 2.05) is 0 Å². The topological polar surface area (TPSA) is 84.0 Å². The molecule has 0 bridgehead atoms. The number of nitrogens with zero attached hydrogens (tertiary/aromatic N) is 2. The molecule has 20 heavy (non-hydrogen) atoms. The van der Waals surface area contributed by atoms with E-state index in [1.54, 1.807) is 18.2 Å². The van der Waals surface area contributed by atoms with E-state index >= 15 is 0 Å². The summed E-state index contributed by atoms with van der Waals surface area (Å²) in [5.74, 6) is -0.328. The summed E-state index contributed by atoms with van der Waals surface area (Å²) in [7, 11) is 0. The molecule has 0 atom stereocenters. The molecule has 8 heteroatoms. The van der Waals surface area contributed by atoms with Crippen LogP contribution in [-0.4, -0.2) is 21.8 Å². The van der Waals surface area contributed by atoms with Crippen LogP contribution in [0.15, 0.2) is 29.0 Å². The molecule has 2 amide bonds. The number of aromatic nitrogens is 2. The van der Waals surface area contributed by atoms with Crippen molar-refractivity contribution in [3.8, 4) is 0 Å². The Kier molecular flexibility index (Phi) is 3.15. The fourth-order valence-corrected chi connectivity index (χ4v) is 2.25. The number of nitrogens with one attached hydrogen (secondary N) is 2. The van der Waals surface area contributed by atoms with E-state index < -0.39 is 5.91 Å². The highest BCUT2D eigenvalue weighted by Gasteiger charge is 2.26. The Morgan fingerprint density at radius 2 is 1.90 bits per heavy atom. The summed E-state index contributed by atoms with van der Waals surface area (Å²) in [4.78, 5) is 30.9. The van der Waals surface area contributed by atoms with E-state index in [4.69, 9.17) is 11.6 Å². The average Bonchev–Trinajstić information content (AvgIpc) is 2.70. The van der Waals surface area contributed by atoms with E-state index in [2.05, 4.69) is 36.5 Å². The highest BCUT2D eigenvalue weighted by atomic mass is 79.9. The zero-order valence-electron chi connectivity index (χ0n) is 9.78. The van der Waals surface area contributed by atoms with Crippen molar-refractivity contribution in [1.29, 1.82) is 0 Å². The molecular formula is C12H6BrClN4O2. The van der Waals surface area contributed by atoms with Crippen molar-refractivity contribution in [2.75, 3.05) is 5.32 Å². The van der Waals surface area contributed by atoms with Crippen LogP contribution in [-0.2, 0) is 0 Å². The molecule has 2 N–H and O–H groups in total. The SMILES string of the molecule is O=C1NC(=O)c2cc(Nc3ncnc(Cl)c3Br)ccc21.